The van der Waals surface area contributed by atoms with Gasteiger partial charge in [-0.1, -0.05) is 91.0 Å². The van der Waals surface area contributed by atoms with E-state index >= 15 is 0 Å². The molecule has 1 heterocycles. The first-order valence-corrected chi connectivity index (χ1v) is 25.8. The maximum atomic E-state index is 14.2. The van der Waals surface area contributed by atoms with Gasteiger partial charge >= 0.3 is 11.9 Å². The van der Waals surface area contributed by atoms with Crippen LogP contribution < -0.4 is 14.8 Å². The molecule has 0 spiro atoms. The molecule has 5 aromatic rings. The number of carbonyl (C=O) groups excluding carboxylic acids is 3. The molecule has 6 rings (SSSR count). The van der Waals surface area contributed by atoms with Crippen molar-refractivity contribution in [1.29, 1.82) is 5.26 Å². The second-order valence-electron chi connectivity index (χ2n) is 17.9. The zero-order valence-electron chi connectivity index (χ0n) is 42.7. The van der Waals surface area contributed by atoms with E-state index in [0.29, 0.717) is 37.4 Å². The van der Waals surface area contributed by atoms with Crippen molar-refractivity contribution in [3.05, 3.63) is 167 Å². The normalized spacial score (nSPS) is 18.2. The average Bonchev–Trinajstić information content (AvgIpc) is 3.40. The minimum Gasteiger partial charge on any atom is -0.497 e. The minimum absolute atomic E-state index is 0.166. The number of esters is 2. The molecule has 73 heavy (non-hydrogen) atoms. The zero-order chi connectivity index (χ0) is 52.2. The van der Waals surface area contributed by atoms with Crippen LogP contribution in [0.15, 0.2) is 140 Å². The van der Waals surface area contributed by atoms with Crippen LogP contribution in [0.1, 0.15) is 97.7 Å². The van der Waals surface area contributed by atoms with E-state index in [9.17, 15) is 14.4 Å². The van der Waals surface area contributed by atoms with Crippen molar-refractivity contribution in [1.82, 2.24) is 9.99 Å². The minimum atomic E-state index is -1.40. The number of nitrogens with one attached hydrogen (secondary N) is 1. The van der Waals surface area contributed by atoms with Crippen molar-refractivity contribution in [2.75, 3.05) is 40.6 Å². The first kappa shape index (κ1) is 56.1. The lowest BCUT2D eigenvalue weighted by Crippen LogP contribution is -2.67. The number of unbranched alkanes of at least 4 members (excludes halogenated alkanes) is 2. The molecule has 0 radical (unpaired) electrons. The summed E-state index contributed by atoms with van der Waals surface area (Å²) >= 11 is 0. The van der Waals surface area contributed by atoms with Gasteiger partial charge in [-0.2, -0.15) is 5.26 Å². The molecule has 1 N–H and O–H groups in total. The molecule has 6 unspecified atom stereocenters. The Hall–Kier alpha value is -6.21. The molecular weight excluding hydrogens is 950 g/mol. The van der Waals surface area contributed by atoms with Gasteiger partial charge in [-0.25, -0.2) is 14.3 Å². The number of carbonyl (C=O) groups is 3. The Balaban J connectivity index is 1.36. The number of benzene rings is 5. The summed E-state index contributed by atoms with van der Waals surface area (Å²) in [6.45, 7) is 10.3. The van der Waals surface area contributed by atoms with Crippen molar-refractivity contribution in [2.24, 2.45) is 0 Å². The van der Waals surface area contributed by atoms with E-state index < -0.39 is 62.6 Å². The summed E-state index contributed by atoms with van der Waals surface area (Å²) in [5.41, 5.74) is 1.39. The summed E-state index contributed by atoms with van der Waals surface area (Å²) in [4.78, 5) is 41.6. The second-order valence-corrected chi connectivity index (χ2v) is 19.3. The van der Waals surface area contributed by atoms with Crippen LogP contribution in [0.4, 0.5) is 0 Å². The average molecular weight is 1020 g/mol. The van der Waals surface area contributed by atoms with Crippen molar-refractivity contribution in [3.8, 4) is 17.6 Å². The molecule has 0 bridgehead atoms. The van der Waals surface area contributed by atoms with Gasteiger partial charge in [0.2, 0.25) is 5.91 Å². The monoisotopic (exact) mass is 1020 g/mol. The van der Waals surface area contributed by atoms with Crippen LogP contribution in [-0.4, -0.2) is 106 Å². The fourth-order valence-corrected chi connectivity index (χ4v) is 10.3. The maximum Gasteiger partial charge on any atom is 0.338 e. The summed E-state index contributed by atoms with van der Waals surface area (Å²) in [5.74, 6) is -0.624. The van der Waals surface area contributed by atoms with E-state index in [1.807, 2.05) is 78.9 Å². The Morgan fingerprint density at radius 1 is 0.658 bits per heavy atom. The Morgan fingerprint density at radius 3 is 1.63 bits per heavy atom. The molecule has 1 fully saturated rings. The second kappa shape index (κ2) is 28.3. The highest BCUT2D eigenvalue weighted by Crippen LogP contribution is 2.46. The van der Waals surface area contributed by atoms with Gasteiger partial charge in [0.1, 0.15) is 29.2 Å². The van der Waals surface area contributed by atoms with Gasteiger partial charge in [-0.3, -0.25) is 4.79 Å². The summed E-state index contributed by atoms with van der Waals surface area (Å²) < 4.78 is 59.3. The molecule has 1 aliphatic heterocycles. The molecule has 6 atom stereocenters. The summed E-state index contributed by atoms with van der Waals surface area (Å²) in [7, 11) is 1.80. The fourth-order valence-electron chi connectivity index (χ4n) is 8.70. The largest absolute Gasteiger partial charge is 0.497 e. The van der Waals surface area contributed by atoms with Crippen molar-refractivity contribution >= 4 is 26.4 Å². The number of hydrogen-bond acceptors (Lipinski definition) is 14. The predicted octanol–water partition coefficient (Wildman–Crippen LogP) is 10.2. The molecule has 388 valence electrons. The van der Waals surface area contributed by atoms with Crippen LogP contribution in [0.3, 0.4) is 0 Å². The number of amides is 1. The van der Waals surface area contributed by atoms with Gasteiger partial charge < -0.3 is 47.5 Å². The number of nitriles is 1. The molecule has 16 heteroatoms. The number of ether oxygens (including phenoxy) is 7. The van der Waals surface area contributed by atoms with Crippen LogP contribution in [0.5, 0.6) is 11.5 Å². The van der Waals surface area contributed by atoms with E-state index in [1.165, 1.54) is 6.92 Å². The van der Waals surface area contributed by atoms with Crippen LogP contribution in [-0.2, 0) is 43.1 Å². The Bertz CT molecular complexity index is 2440. The first-order valence-electron chi connectivity index (χ1n) is 24.7. The summed E-state index contributed by atoms with van der Waals surface area (Å²) in [6.07, 6.45) is -2.92. The Morgan fingerprint density at radius 2 is 1.14 bits per heavy atom. The van der Waals surface area contributed by atoms with Crippen molar-refractivity contribution in [2.45, 2.75) is 109 Å². The summed E-state index contributed by atoms with van der Waals surface area (Å²) in [5, 5.41) is 12.1. The molecular formula is C57H68N3O12P. The number of hydrogen-bond donors (Lipinski definition) is 1. The Labute approximate surface area is 430 Å². The van der Waals surface area contributed by atoms with Crippen LogP contribution in [0, 0.1) is 11.3 Å². The van der Waals surface area contributed by atoms with Crippen molar-refractivity contribution < 1.29 is 56.6 Å². The molecule has 1 amide bonds. The first-order chi connectivity index (χ1) is 35.4. The molecule has 0 saturated carbocycles. The topological polar surface area (TPSA) is 173 Å². The van der Waals surface area contributed by atoms with E-state index in [4.69, 9.17) is 47.5 Å². The van der Waals surface area contributed by atoms with Gasteiger partial charge in [0.15, 0.2) is 18.5 Å². The third kappa shape index (κ3) is 15.2. The van der Waals surface area contributed by atoms with Crippen molar-refractivity contribution in [3.63, 3.8) is 0 Å². The standard InChI is InChI=1S/C57H68N3O12P/c1-40(2)60(41(3)4)73(69-38-20-35-58)68-37-19-11-18-36-66-56-51(59-42(5)61)53(72-55(63)44-23-14-9-15-24-44)52(71-54(62)43-21-12-8-13-22-43)50(70-56)39-67-57(45-25-16-10-17-26-45,46-27-31-48(64-6)32-28-46)47-29-33-49(65-7)34-30-47/h8-10,12-17,21-34,40-41,50-53,56H,11,18-20,36-39H2,1-7H3,(H,59,61). The summed E-state index contributed by atoms with van der Waals surface area (Å²) in [6, 6.07) is 43.0. The van der Waals surface area contributed by atoms with E-state index in [1.54, 1.807) is 74.9 Å². The molecule has 1 saturated heterocycles. The number of nitrogens with zero attached hydrogens (tertiary/aromatic N) is 2. The molecule has 0 aliphatic carbocycles. The Kier molecular flexibility index (Phi) is 21.7. The highest BCUT2D eigenvalue weighted by Gasteiger charge is 2.53. The predicted molar refractivity (Wildman–Crippen MR) is 277 cm³/mol. The molecule has 1 aliphatic rings. The van der Waals surface area contributed by atoms with Gasteiger partial charge in [-0.05, 0) is 112 Å². The number of rotatable bonds is 27. The lowest BCUT2D eigenvalue weighted by molar-refractivity contribution is -0.275. The van der Waals surface area contributed by atoms with Gasteiger partial charge in [0, 0.05) is 25.6 Å². The van der Waals surface area contributed by atoms with E-state index in [2.05, 4.69) is 43.8 Å². The van der Waals surface area contributed by atoms with Crippen LogP contribution in [0.25, 0.3) is 0 Å². The van der Waals surface area contributed by atoms with Gasteiger partial charge in [0.25, 0.3) is 8.53 Å². The lowest BCUT2D eigenvalue weighted by atomic mass is 9.80. The zero-order valence-corrected chi connectivity index (χ0v) is 43.6. The lowest BCUT2D eigenvalue weighted by Gasteiger charge is -2.46. The van der Waals surface area contributed by atoms with E-state index in [0.717, 1.165) is 16.7 Å². The van der Waals surface area contributed by atoms with Crippen LogP contribution in [0.2, 0.25) is 0 Å². The molecule has 0 aromatic heterocycles. The SMILES string of the molecule is COc1ccc(C(OCC2OC(OCCCCCOP(OCCC#N)N(C(C)C)C(C)C)C(NC(C)=O)C(OC(=O)c3ccccc3)C2OC(=O)c2ccccc2)(c2ccccc2)c2ccc(OC)cc2)cc1. The highest BCUT2D eigenvalue weighted by atomic mass is 31.2. The highest BCUT2D eigenvalue weighted by molar-refractivity contribution is 7.44. The molecule has 15 nitrogen and oxygen atoms in total. The number of methoxy groups -OCH3 is 2. The quantitative estimate of drug-likeness (QED) is 0.0228. The smallest absolute Gasteiger partial charge is 0.338 e. The van der Waals surface area contributed by atoms with Gasteiger partial charge in [0.05, 0.1) is 57.7 Å². The third-order valence-corrected chi connectivity index (χ3v) is 14.2. The van der Waals surface area contributed by atoms with Crippen LogP contribution >= 0.6 is 8.53 Å². The molecule has 5 aromatic carbocycles. The van der Waals surface area contributed by atoms with E-state index in [-0.39, 0.29) is 49.5 Å². The maximum absolute atomic E-state index is 14.2. The fraction of sp³-hybridized carbons (Fsp3) is 0.404. The van der Waals surface area contributed by atoms with Gasteiger partial charge in [-0.15, -0.1) is 0 Å². The third-order valence-electron chi connectivity index (χ3n) is 12.1.